The summed E-state index contributed by atoms with van der Waals surface area (Å²) in [7, 11) is 0. The lowest BCUT2D eigenvalue weighted by Crippen LogP contribution is -2.31. The van der Waals surface area contributed by atoms with E-state index in [1.165, 1.54) is 0 Å². The number of hydrogen-bond acceptors (Lipinski definition) is 4. The molecule has 0 saturated carbocycles. The molecule has 2 atom stereocenters. The molecule has 26 heavy (non-hydrogen) atoms. The maximum Gasteiger partial charge on any atom is 0.159 e. The van der Waals surface area contributed by atoms with Gasteiger partial charge in [0, 0.05) is 12.3 Å². The van der Waals surface area contributed by atoms with Crippen LogP contribution in [0, 0.1) is 0 Å². The van der Waals surface area contributed by atoms with Gasteiger partial charge in [0.2, 0.25) is 0 Å². The number of benzene rings is 2. The molecule has 2 aromatic carbocycles. The smallest absolute Gasteiger partial charge is 0.159 e. The van der Waals surface area contributed by atoms with Crippen LogP contribution in [-0.2, 0) is 32.2 Å². The molecule has 2 aromatic rings. The lowest BCUT2D eigenvalue weighted by Gasteiger charge is -2.17. The van der Waals surface area contributed by atoms with Crippen LogP contribution in [0.2, 0.25) is 0 Å². The fourth-order valence-corrected chi connectivity index (χ4v) is 3.03. The molecular weight excluding hydrogens is 352 g/mol. The first-order valence-corrected chi connectivity index (χ1v) is 9.49. The van der Waals surface area contributed by atoms with Gasteiger partial charge in [0.15, 0.2) is 6.29 Å². The summed E-state index contributed by atoms with van der Waals surface area (Å²) in [6.45, 7) is 2.04. The van der Waals surface area contributed by atoms with Crippen molar-refractivity contribution in [1.29, 1.82) is 0 Å². The van der Waals surface area contributed by atoms with E-state index >= 15 is 0 Å². The third kappa shape index (κ3) is 6.08. The summed E-state index contributed by atoms with van der Waals surface area (Å²) >= 11 is 5.82. The molecule has 0 aliphatic carbocycles. The van der Waals surface area contributed by atoms with E-state index in [2.05, 4.69) is 0 Å². The van der Waals surface area contributed by atoms with Gasteiger partial charge in [0.1, 0.15) is 12.2 Å². The van der Waals surface area contributed by atoms with Crippen molar-refractivity contribution in [1.82, 2.24) is 0 Å². The van der Waals surface area contributed by atoms with E-state index in [9.17, 15) is 0 Å². The Bertz CT molecular complexity index is 569. The van der Waals surface area contributed by atoms with Crippen LogP contribution in [0.15, 0.2) is 60.7 Å². The van der Waals surface area contributed by atoms with Gasteiger partial charge in [-0.2, -0.15) is 0 Å². The monoisotopic (exact) mass is 376 g/mol. The van der Waals surface area contributed by atoms with E-state index in [0.29, 0.717) is 38.7 Å². The van der Waals surface area contributed by atoms with E-state index in [4.69, 9.17) is 30.5 Å². The van der Waals surface area contributed by atoms with Crippen LogP contribution in [0.25, 0.3) is 0 Å². The second kappa shape index (κ2) is 10.7. The van der Waals surface area contributed by atoms with E-state index in [0.717, 1.165) is 11.1 Å². The highest BCUT2D eigenvalue weighted by Gasteiger charge is 2.36. The molecule has 3 rings (SSSR count). The maximum absolute atomic E-state index is 5.94. The standard InChI is InChI=1S/C21H25ClO4/c22-12-11-21-25-19(15-23-13-17-7-3-1-4-8-17)20(26-21)16-24-14-18-9-5-2-6-10-18/h1-10,19-21H,11-16H2/t19-,20-/m0/s1. The number of rotatable bonds is 10. The summed E-state index contributed by atoms with van der Waals surface area (Å²) in [5.41, 5.74) is 2.28. The van der Waals surface area contributed by atoms with Gasteiger partial charge in [-0.25, -0.2) is 0 Å². The van der Waals surface area contributed by atoms with Crippen molar-refractivity contribution >= 4 is 11.6 Å². The highest BCUT2D eigenvalue weighted by molar-refractivity contribution is 6.17. The summed E-state index contributed by atoms with van der Waals surface area (Å²) < 4.78 is 23.5. The first-order valence-electron chi connectivity index (χ1n) is 8.95. The van der Waals surface area contributed by atoms with Gasteiger partial charge in [-0.15, -0.1) is 11.6 Å². The summed E-state index contributed by atoms with van der Waals surface area (Å²) in [4.78, 5) is 0. The molecule has 0 bridgehead atoms. The molecule has 4 nitrogen and oxygen atoms in total. The van der Waals surface area contributed by atoms with Crippen molar-refractivity contribution in [2.24, 2.45) is 0 Å². The zero-order valence-corrected chi connectivity index (χ0v) is 15.5. The van der Waals surface area contributed by atoms with E-state index < -0.39 is 0 Å². The van der Waals surface area contributed by atoms with Crippen molar-refractivity contribution in [2.75, 3.05) is 19.1 Å². The molecule has 1 fully saturated rings. The fraction of sp³-hybridized carbons (Fsp3) is 0.429. The number of ether oxygens (including phenoxy) is 4. The Morgan fingerprint density at radius 2 is 1.19 bits per heavy atom. The normalized spacial score (nSPS) is 20.5. The minimum atomic E-state index is -0.289. The lowest BCUT2D eigenvalue weighted by molar-refractivity contribution is -0.0812. The molecule has 0 spiro atoms. The largest absolute Gasteiger partial charge is 0.374 e. The van der Waals surface area contributed by atoms with E-state index in [1.54, 1.807) is 0 Å². The van der Waals surface area contributed by atoms with Crippen LogP contribution < -0.4 is 0 Å². The summed E-state index contributed by atoms with van der Waals surface area (Å²) in [5, 5.41) is 0. The second-order valence-corrected chi connectivity index (χ2v) is 6.64. The Morgan fingerprint density at radius 3 is 1.62 bits per heavy atom. The molecule has 0 amide bonds. The number of hydrogen-bond donors (Lipinski definition) is 0. The van der Waals surface area contributed by atoms with Gasteiger partial charge in [0.05, 0.1) is 26.4 Å². The Kier molecular flexibility index (Phi) is 7.92. The van der Waals surface area contributed by atoms with Gasteiger partial charge in [-0.1, -0.05) is 60.7 Å². The summed E-state index contributed by atoms with van der Waals surface area (Å²) in [6, 6.07) is 20.2. The van der Waals surface area contributed by atoms with E-state index in [-0.39, 0.29) is 18.5 Å². The molecule has 1 heterocycles. The third-order valence-corrected chi connectivity index (χ3v) is 4.42. The number of halogens is 1. The highest BCUT2D eigenvalue weighted by atomic mass is 35.5. The Balaban J connectivity index is 1.46. The van der Waals surface area contributed by atoms with Crippen molar-refractivity contribution in [3.05, 3.63) is 71.8 Å². The molecule has 0 N–H and O–H groups in total. The van der Waals surface area contributed by atoms with Gasteiger partial charge in [-0.3, -0.25) is 0 Å². The van der Waals surface area contributed by atoms with Crippen molar-refractivity contribution < 1.29 is 18.9 Å². The Hall–Kier alpha value is -1.43. The average Bonchev–Trinajstić information content (AvgIpc) is 3.05. The fourth-order valence-electron chi connectivity index (χ4n) is 2.85. The SMILES string of the molecule is ClCCC1O[C@@H](COCc2ccccc2)[C@H](COCc2ccccc2)O1. The first-order chi connectivity index (χ1) is 12.8. The second-order valence-electron chi connectivity index (χ2n) is 6.26. The molecule has 140 valence electrons. The zero-order chi connectivity index (χ0) is 18.0. The number of alkyl halides is 1. The molecule has 1 saturated heterocycles. The van der Waals surface area contributed by atoms with Crippen LogP contribution >= 0.6 is 11.6 Å². The maximum atomic E-state index is 5.94. The lowest BCUT2D eigenvalue weighted by atomic mass is 10.2. The summed E-state index contributed by atoms with van der Waals surface area (Å²) in [5.74, 6) is 0.500. The molecule has 5 heteroatoms. The molecule has 1 aliphatic rings. The molecule has 1 aliphatic heterocycles. The van der Waals surface area contributed by atoms with Crippen LogP contribution in [-0.4, -0.2) is 37.6 Å². The topological polar surface area (TPSA) is 36.9 Å². The summed E-state index contributed by atoms with van der Waals surface area (Å²) in [6.07, 6.45) is 0.0694. The molecular formula is C21H25ClO4. The Labute approximate surface area is 160 Å². The zero-order valence-electron chi connectivity index (χ0n) is 14.8. The predicted octanol–water partition coefficient (Wildman–Crippen LogP) is 4.16. The van der Waals surface area contributed by atoms with Crippen LogP contribution in [0.3, 0.4) is 0 Å². The van der Waals surface area contributed by atoms with Gasteiger partial charge >= 0.3 is 0 Å². The van der Waals surface area contributed by atoms with Crippen molar-refractivity contribution in [3.63, 3.8) is 0 Å². The Morgan fingerprint density at radius 1 is 0.731 bits per heavy atom. The van der Waals surface area contributed by atoms with Crippen LogP contribution in [0.1, 0.15) is 17.5 Å². The average molecular weight is 377 g/mol. The van der Waals surface area contributed by atoms with Crippen LogP contribution in [0.5, 0.6) is 0 Å². The van der Waals surface area contributed by atoms with Crippen LogP contribution in [0.4, 0.5) is 0 Å². The minimum Gasteiger partial charge on any atom is -0.374 e. The third-order valence-electron chi connectivity index (χ3n) is 4.20. The van der Waals surface area contributed by atoms with Gasteiger partial charge in [0.25, 0.3) is 0 Å². The van der Waals surface area contributed by atoms with Crippen molar-refractivity contribution in [2.45, 2.75) is 38.1 Å². The quantitative estimate of drug-likeness (QED) is 0.583. The van der Waals surface area contributed by atoms with E-state index in [1.807, 2.05) is 60.7 Å². The van der Waals surface area contributed by atoms with Gasteiger partial charge < -0.3 is 18.9 Å². The first kappa shape index (κ1) is 19.3. The highest BCUT2D eigenvalue weighted by Crippen LogP contribution is 2.23. The molecule has 0 radical (unpaired) electrons. The minimum absolute atomic E-state index is 0.150. The molecule has 0 unspecified atom stereocenters. The molecule has 0 aromatic heterocycles. The predicted molar refractivity (Wildman–Crippen MR) is 101 cm³/mol. The van der Waals surface area contributed by atoms with Gasteiger partial charge in [-0.05, 0) is 11.1 Å². The van der Waals surface area contributed by atoms with Crippen molar-refractivity contribution in [3.8, 4) is 0 Å².